The van der Waals surface area contributed by atoms with Crippen LogP contribution in [-0.2, 0) is 14.8 Å². The Balaban J connectivity index is 1.73. The number of nitrogens with two attached hydrogens (primary N) is 1. The van der Waals surface area contributed by atoms with Gasteiger partial charge in [0.15, 0.2) is 5.17 Å². The Kier molecular flexibility index (Phi) is 9.06. The molecule has 0 bridgehead atoms. The summed E-state index contributed by atoms with van der Waals surface area (Å²) in [6, 6.07) is 20.3. The normalized spacial score (nSPS) is 16.4. The second-order valence-electron chi connectivity index (χ2n) is 8.49. The number of sulfonamides is 1. The van der Waals surface area contributed by atoms with Gasteiger partial charge in [-0.1, -0.05) is 65.8 Å². The van der Waals surface area contributed by atoms with Crippen molar-refractivity contribution in [2.45, 2.75) is 23.6 Å². The third-order valence-corrected chi connectivity index (χ3v) is 8.29. The van der Waals surface area contributed by atoms with E-state index in [2.05, 4.69) is 9.13 Å². The van der Waals surface area contributed by atoms with Gasteiger partial charge in [-0.15, -0.1) is 17.6 Å². The van der Waals surface area contributed by atoms with Crippen molar-refractivity contribution in [3.63, 3.8) is 0 Å². The van der Waals surface area contributed by atoms with E-state index in [-0.39, 0.29) is 28.3 Å². The van der Waals surface area contributed by atoms with Crippen LogP contribution in [0.15, 0.2) is 93.3 Å². The Labute approximate surface area is 237 Å². The zero-order valence-corrected chi connectivity index (χ0v) is 23.0. The maximum Gasteiger partial charge on any atom is 0.573 e. The highest BCUT2D eigenvalue weighted by Crippen LogP contribution is 2.32. The number of ether oxygens (including phenoxy) is 1. The summed E-state index contributed by atoms with van der Waals surface area (Å²) in [5.74, 6) is -1.69. The molecular weight excluding hydrogens is 589 g/mol. The van der Waals surface area contributed by atoms with Gasteiger partial charge in [0.1, 0.15) is 5.75 Å². The molecule has 14 heteroatoms. The SMILES string of the molecule is NC(=O)CS/C(=N\S(=O)(=O)c1ccc(OC(F)(F)F)cc1)N1CCC(c2ccccc2)C(c2ccc(Cl)cc2)=N1. The van der Waals surface area contributed by atoms with Crippen LogP contribution in [0.25, 0.3) is 0 Å². The first kappa shape index (κ1) is 29.4. The molecule has 0 aliphatic carbocycles. The van der Waals surface area contributed by atoms with E-state index < -0.39 is 28.0 Å². The fourth-order valence-corrected chi connectivity index (χ4v) is 5.99. The molecule has 0 spiro atoms. The summed E-state index contributed by atoms with van der Waals surface area (Å²) in [6.45, 7) is 0.259. The van der Waals surface area contributed by atoms with Gasteiger partial charge >= 0.3 is 6.36 Å². The lowest BCUT2D eigenvalue weighted by Gasteiger charge is -2.31. The van der Waals surface area contributed by atoms with Crippen molar-refractivity contribution in [2.75, 3.05) is 12.3 Å². The molecule has 1 unspecified atom stereocenters. The van der Waals surface area contributed by atoms with Crippen LogP contribution < -0.4 is 10.5 Å². The predicted molar refractivity (Wildman–Crippen MR) is 148 cm³/mol. The number of primary amides is 1. The molecule has 2 N–H and O–H groups in total. The first-order valence-electron chi connectivity index (χ1n) is 11.7. The smallest absolute Gasteiger partial charge is 0.406 e. The van der Waals surface area contributed by atoms with Crippen LogP contribution in [0.1, 0.15) is 23.5 Å². The predicted octanol–water partition coefficient (Wildman–Crippen LogP) is 5.40. The van der Waals surface area contributed by atoms with E-state index in [4.69, 9.17) is 22.4 Å². The van der Waals surface area contributed by atoms with Crippen LogP contribution >= 0.6 is 23.4 Å². The lowest BCUT2D eigenvalue weighted by Crippen LogP contribution is -2.35. The molecule has 0 fully saturated rings. The molecule has 0 radical (unpaired) electrons. The first-order valence-corrected chi connectivity index (χ1v) is 14.5. The minimum absolute atomic E-state index is 0.118. The van der Waals surface area contributed by atoms with Crippen LogP contribution in [0.3, 0.4) is 0 Å². The summed E-state index contributed by atoms with van der Waals surface area (Å²) in [5.41, 5.74) is 7.70. The largest absolute Gasteiger partial charge is 0.573 e. The highest BCUT2D eigenvalue weighted by Gasteiger charge is 2.32. The number of nitrogens with zero attached hydrogens (tertiary/aromatic N) is 3. The van der Waals surface area contributed by atoms with Gasteiger partial charge in [-0.3, -0.25) is 4.79 Å². The summed E-state index contributed by atoms with van der Waals surface area (Å²) in [4.78, 5) is 11.2. The number of benzene rings is 3. The Hall–Kier alpha value is -3.55. The van der Waals surface area contributed by atoms with Gasteiger partial charge in [0.25, 0.3) is 10.0 Å². The summed E-state index contributed by atoms with van der Waals surface area (Å²) in [7, 11) is -4.42. The van der Waals surface area contributed by atoms with E-state index in [1.165, 1.54) is 5.01 Å². The first-order chi connectivity index (χ1) is 18.9. The van der Waals surface area contributed by atoms with Gasteiger partial charge in [-0.2, -0.15) is 13.5 Å². The molecule has 40 heavy (non-hydrogen) atoms. The second-order valence-corrected chi connectivity index (χ2v) is 11.5. The van der Waals surface area contributed by atoms with Crippen LogP contribution in [0.4, 0.5) is 13.2 Å². The van der Waals surface area contributed by atoms with Gasteiger partial charge in [-0.25, -0.2) is 5.01 Å². The fourth-order valence-electron chi connectivity index (χ4n) is 3.92. The summed E-state index contributed by atoms with van der Waals surface area (Å²) >= 11 is 6.87. The highest BCUT2D eigenvalue weighted by atomic mass is 35.5. The van der Waals surface area contributed by atoms with Crippen LogP contribution in [0, 0.1) is 0 Å². The molecule has 3 aromatic carbocycles. The number of thioether (sulfide) groups is 1. The topological polar surface area (TPSA) is 114 Å². The third-order valence-electron chi connectivity index (χ3n) is 5.65. The standard InChI is InChI=1S/C26H22ClF3N4O4S2/c27-19-8-6-18(7-9-19)24-22(17-4-2-1-3-5-17)14-15-34(32-24)25(39-16-23(31)35)33-40(36,37)21-12-10-20(11-13-21)38-26(28,29)30/h1-13,22H,14-16H2,(H2,31,35)/b33-25-. The molecule has 8 nitrogen and oxygen atoms in total. The van der Waals surface area contributed by atoms with Crippen molar-refractivity contribution in [3.8, 4) is 5.75 Å². The number of rotatable bonds is 7. The number of halogens is 4. The number of carbonyl (C=O) groups is 1. The van der Waals surface area contributed by atoms with Crippen molar-refractivity contribution in [1.29, 1.82) is 0 Å². The summed E-state index contributed by atoms with van der Waals surface area (Å²) in [5, 5.41) is 6.54. The summed E-state index contributed by atoms with van der Waals surface area (Å²) < 4.78 is 71.4. The van der Waals surface area contributed by atoms with Crippen molar-refractivity contribution in [2.24, 2.45) is 15.2 Å². The number of amides is 1. The summed E-state index contributed by atoms with van der Waals surface area (Å²) in [6.07, 6.45) is -4.39. The molecular formula is C26H22ClF3N4O4S2. The van der Waals surface area contributed by atoms with Gasteiger partial charge in [0, 0.05) is 17.5 Å². The van der Waals surface area contributed by atoms with Gasteiger partial charge in [0.2, 0.25) is 5.91 Å². The molecule has 1 aliphatic heterocycles. The Morgan fingerprint density at radius 1 is 1.07 bits per heavy atom. The van der Waals surface area contributed by atoms with Crippen molar-refractivity contribution < 1.29 is 31.1 Å². The maximum atomic E-state index is 13.1. The van der Waals surface area contributed by atoms with E-state index in [1.54, 1.807) is 24.3 Å². The minimum Gasteiger partial charge on any atom is -0.406 e. The van der Waals surface area contributed by atoms with E-state index in [9.17, 15) is 26.4 Å². The molecule has 1 atom stereocenters. The van der Waals surface area contributed by atoms with Crippen molar-refractivity contribution in [1.82, 2.24) is 5.01 Å². The number of amidine groups is 1. The Morgan fingerprint density at radius 2 is 1.73 bits per heavy atom. The quantitative estimate of drug-likeness (QED) is 0.283. The zero-order chi connectivity index (χ0) is 28.9. The van der Waals surface area contributed by atoms with Gasteiger partial charge in [0.05, 0.1) is 16.4 Å². The lowest BCUT2D eigenvalue weighted by atomic mass is 9.86. The zero-order valence-electron chi connectivity index (χ0n) is 20.6. The average Bonchev–Trinajstić information content (AvgIpc) is 2.91. The second kappa shape index (κ2) is 12.3. The maximum absolute atomic E-state index is 13.1. The number of alkyl halides is 3. The Bertz CT molecular complexity index is 1520. The number of hydrazone groups is 1. The molecule has 0 saturated carbocycles. The van der Waals surface area contributed by atoms with E-state index >= 15 is 0 Å². The van der Waals surface area contributed by atoms with Crippen molar-refractivity contribution >= 4 is 50.2 Å². The molecule has 1 aliphatic rings. The van der Waals surface area contributed by atoms with Crippen LogP contribution in [-0.4, -0.2) is 48.9 Å². The molecule has 1 amide bonds. The molecule has 0 aromatic heterocycles. The van der Waals surface area contributed by atoms with E-state index in [0.29, 0.717) is 17.2 Å². The van der Waals surface area contributed by atoms with E-state index in [1.807, 2.05) is 30.3 Å². The molecule has 4 rings (SSSR count). The van der Waals surface area contributed by atoms with Crippen LogP contribution in [0.2, 0.25) is 5.02 Å². The fraction of sp³-hybridized carbons (Fsp3) is 0.192. The van der Waals surface area contributed by atoms with Gasteiger partial charge in [-0.05, 0) is 53.9 Å². The Morgan fingerprint density at radius 3 is 2.33 bits per heavy atom. The molecule has 1 heterocycles. The number of carbonyl (C=O) groups excluding carboxylic acids is 1. The molecule has 3 aromatic rings. The average molecular weight is 611 g/mol. The minimum atomic E-state index is -4.93. The number of hydrogen-bond acceptors (Lipinski definition) is 6. The van der Waals surface area contributed by atoms with Crippen LogP contribution in [0.5, 0.6) is 5.75 Å². The van der Waals surface area contributed by atoms with E-state index in [0.717, 1.165) is 47.2 Å². The number of hydrogen-bond donors (Lipinski definition) is 1. The molecule has 210 valence electrons. The lowest BCUT2D eigenvalue weighted by molar-refractivity contribution is -0.274. The highest BCUT2D eigenvalue weighted by molar-refractivity contribution is 8.14. The van der Waals surface area contributed by atoms with Gasteiger partial charge < -0.3 is 10.5 Å². The molecule has 0 saturated heterocycles. The van der Waals surface area contributed by atoms with Crippen molar-refractivity contribution in [3.05, 3.63) is 95.0 Å². The monoisotopic (exact) mass is 610 g/mol. The third kappa shape index (κ3) is 7.77.